The molecule has 16 heavy (non-hydrogen) atoms. The van der Waals surface area contributed by atoms with Crippen molar-refractivity contribution in [1.82, 2.24) is 9.78 Å². The molecule has 0 atom stereocenters. The molecule has 5 heteroatoms. The van der Waals surface area contributed by atoms with E-state index in [2.05, 4.69) is 31.6 Å². The molecule has 0 bridgehead atoms. The topological polar surface area (TPSA) is 55.9 Å². The predicted octanol–water partition coefficient (Wildman–Crippen LogP) is 0.819. The van der Waals surface area contributed by atoms with Gasteiger partial charge >= 0.3 is 0 Å². The van der Waals surface area contributed by atoms with Crippen molar-refractivity contribution in [2.24, 2.45) is 7.05 Å². The summed E-state index contributed by atoms with van der Waals surface area (Å²) in [5.41, 5.74) is 7.56. The van der Waals surface area contributed by atoms with Crippen LogP contribution in [0.25, 0.3) is 0 Å². The SMILES string of the molecule is Cc1nn(C)c(NCCC[N+](C)(C)C)c1N. The molecule has 0 aromatic carbocycles. The number of nitrogens with two attached hydrogens (primary N) is 1. The first-order valence-electron chi connectivity index (χ1n) is 5.64. The van der Waals surface area contributed by atoms with Crippen LogP contribution in [0.2, 0.25) is 0 Å². The summed E-state index contributed by atoms with van der Waals surface area (Å²) in [6.45, 7) is 4.00. The Hall–Kier alpha value is -1.23. The van der Waals surface area contributed by atoms with Crippen molar-refractivity contribution < 1.29 is 4.48 Å². The van der Waals surface area contributed by atoms with E-state index in [9.17, 15) is 0 Å². The van der Waals surface area contributed by atoms with Crippen LogP contribution in [-0.4, -0.2) is 48.5 Å². The highest BCUT2D eigenvalue weighted by Gasteiger charge is 2.10. The normalized spacial score (nSPS) is 11.8. The van der Waals surface area contributed by atoms with Gasteiger partial charge in [-0.3, -0.25) is 4.68 Å². The second-order valence-electron chi connectivity index (χ2n) is 5.27. The third kappa shape index (κ3) is 3.41. The molecule has 3 N–H and O–H groups in total. The monoisotopic (exact) mass is 226 g/mol. The van der Waals surface area contributed by atoms with Gasteiger partial charge in [0.25, 0.3) is 0 Å². The Labute approximate surface area is 97.8 Å². The standard InChI is InChI=1S/C11H24N5/c1-9-10(12)11(15(2)14-9)13-7-6-8-16(3,4)5/h13H,6-8,12H2,1-5H3/q+1. The number of rotatable bonds is 5. The first kappa shape index (κ1) is 12.8. The highest BCUT2D eigenvalue weighted by Crippen LogP contribution is 2.20. The van der Waals surface area contributed by atoms with Crippen molar-refractivity contribution in [3.63, 3.8) is 0 Å². The summed E-state index contributed by atoms with van der Waals surface area (Å²) in [6.07, 6.45) is 1.12. The minimum Gasteiger partial charge on any atom is -0.394 e. The zero-order chi connectivity index (χ0) is 12.3. The Morgan fingerprint density at radius 2 is 2.00 bits per heavy atom. The molecule has 1 rings (SSSR count). The second-order valence-corrected chi connectivity index (χ2v) is 5.27. The van der Waals surface area contributed by atoms with Gasteiger partial charge in [0, 0.05) is 20.0 Å². The van der Waals surface area contributed by atoms with E-state index in [1.165, 1.54) is 0 Å². The number of quaternary nitrogens is 1. The van der Waals surface area contributed by atoms with E-state index >= 15 is 0 Å². The molecule has 0 radical (unpaired) electrons. The van der Waals surface area contributed by atoms with E-state index in [0.717, 1.165) is 41.2 Å². The third-order valence-electron chi connectivity index (χ3n) is 2.57. The van der Waals surface area contributed by atoms with Crippen molar-refractivity contribution in [3.8, 4) is 0 Å². The molecule has 5 nitrogen and oxygen atoms in total. The van der Waals surface area contributed by atoms with Gasteiger partial charge in [-0.1, -0.05) is 0 Å². The number of anilines is 2. The van der Waals surface area contributed by atoms with Gasteiger partial charge in [-0.2, -0.15) is 5.10 Å². The molecule has 0 aliphatic rings. The zero-order valence-electron chi connectivity index (χ0n) is 11.0. The van der Waals surface area contributed by atoms with Crippen LogP contribution in [0.3, 0.4) is 0 Å². The van der Waals surface area contributed by atoms with Crippen LogP contribution in [0.5, 0.6) is 0 Å². The minimum absolute atomic E-state index is 0.757. The molecule has 0 spiro atoms. The van der Waals surface area contributed by atoms with Gasteiger partial charge in [0.1, 0.15) is 5.82 Å². The molecule has 0 saturated heterocycles. The van der Waals surface area contributed by atoms with Crippen LogP contribution in [0.1, 0.15) is 12.1 Å². The number of aryl methyl sites for hydroxylation is 2. The number of aromatic nitrogens is 2. The van der Waals surface area contributed by atoms with Gasteiger partial charge in [-0.15, -0.1) is 0 Å². The van der Waals surface area contributed by atoms with Gasteiger partial charge in [-0.25, -0.2) is 0 Å². The average molecular weight is 226 g/mol. The lowest BCUT2D eigenvalue weighted by atomic mass is 10.3. The number of hydrogen-bond acceptors (Lipinski definition) is 3. The molecule has 0 fully saturated rings. The largest absolute Gasteiger partial charge is 0.394 e. The summed E-state index contributed by atoms with van der Waals surface area (Å²) in [5.74, 6) is 0.930. The van der Waals surface area contributed by atoms with Crippen LogP contribution < -0.4 is 11.1 Å². The number of nitrogens with one attached hydrogen (secondary N) is 1. The van der Waals surface area contributed by atoms with Gasteiger partial charge in [0.15, 0.2) is 0 Å². The molecular weight excluding hydrogens is 202 g/mol. The lowest BCUT2D eigenvalue weighted by Crippen LogP contribution is -2.36. The van der Waals surface area contributed by atoms with Gasteiger partial charge in [0.2, 0.25) is 0 Å². The zero-order valence-corrected chi connectivity index (χ0v) is 11.0. The Morgan fingerprint density at radius 3 is 2.44 bits per heavy atom. The number of hydrogen-bond donors (Lipinski definition) is 2. The summed E-state index contributed by atoms with van der Waals surface area (Å²) >= 11 is 0. The minimum atomic E-state index is 0.757. The number of nitrogen functional groups attached to an aromatic ring is 1. The first-order chi connectivity index (χ1) is 7.31. The molecule has 0 unspecified atom stereocenters. The smallest absolute Gasteiger partial charge is 0.147 e. The average Bonchev–Trinajstić information content (AvgIpc) is 2.36. The Morgan fingerprint density at radius 1 is 1.38 bits per heavy atom. The second kappa shape index (κ2) is 4.74. The summed E-state index contributed by atoms with van der Waals surface area (Å²) in [5, 5.41) is 7.60. The van der Waals surface area contributed by atoms with E-state index in [1.807, 2.05) is 14.0 Å². The molecule has 1 aromatic rings. The quantitative estimate of drug-likeness (QED) is 0.577. The predicted molar refractivity (Wildman–Crippen MR) is 68.4 cm³/mol. The molecule has 1 aromatic heterocycles. The maximum Gasteiger partial charge on any atom is 0.147 e. The molecule has 0 saturated carbocycles. The fourth-order valence-corrected chi connectivity index (χ4v) is 1.64. The first-order valence-corrected chi connectivity index (χ1v) is 5.64. The summed E-state index contributed by atoms with van der Waals surface area (Å²) in [7, 11) is 8.50. The molecule has 92 valence electrons. The maximum atomic E-state index is 5.92. The maximum absolute atomic E-state index is 5.92. The Balaban J connectivity index is 2.43. The van der Waals surface area contributed by atoms with Crippen LogP contribution >= 0.6 is 0 Å². The molecular formula is C11H24N5+. The highest BCUT2D eigenvalue weighted by atomic mass is 15.3. The molecule has 0 aliphatic carbocycles. The van der Waals surface area contributed by atoms with Gasteiger partial charge in [0.05, 0.1) is 39.1 Å². The van der Waals surface area contributed by atoms with Crippen molar-refractivity contribution in [3.05, 3.63) is 5.69 Å². The fourth-order valence-electron chi connectivity index (χ4n) is 1.64. The lowest BCUT2D eigenvalue weighted by Gasteiger charge is -2.23. The van der Waals surface area contributed by atoms with Crippen LogP contribution in [-0.2, 0) is 7.05 Å². The van der Waals surface area contributed by atoms with Gasteiger partial charge < -0.3 is 15.5 Å². The van der Waals surface area contributed by atoms with Crippen molar-refractivity contribution in [2.45, 2.75) is 13.3 Å². The Bertz CT molecular complexity index is 348. The van der Waals surface area contributed by atoms with Crippen molar-refractivity contribution >= 4 is 11.5 Å². The summed E-state index contributed by atoms with van der Waals surface area (Å²) in [4.78, 5) is 0. The Kier molecular flexibility index (Phi) is 3.80. The van der Waals surface area contributed by atoms with Crippen LogP contribution in [0.4, 0.5) is 11.5 Å². The van der Waals surface area contributed by atoms with Crippen molar-refractivity contribution in [1.29, 1.82) is 0 Å². The van der Waals surface area contributed by atoms with E-state index in [-0.39, 0.29) is 0 Å². The summed E-state index contributed by atoms with van der Waals surface area (Å²) in [6, 6.07) is 0. The van der Waals surface area contributed by atoms with Crippen LogP contribution in [0.15, 0.2) is 0 Å². The van der Waals surface area contributed by atoms with E-state index < -0.39 is 0 Å². The third-order valence-corrected chi connectivity index (χ3v) is 2.57. The molecule has 1 heterocycles. The fraction of sp³-hybridized carbons (Fsp3) is 0.727. The molecule has 0 aliphatic heterocycles. The number of nitrogens with zero attached hydrogens (tertiary/aromatic N) is 3. The molecule has 0 amide bonds. The highest BCUT2D eigenvalue weighted by molar-refractivity contribution is 5.64. The van der Waals surface area contributed by atoms with E-state index in [4.69, 9.17) is 5.73 Å². The lowest BCUT2D eigenvalue weighted by molar-refractivity contribution is -0.870. The van der Waals surface area contributed by atoms with Crippen molar-refractivity contribution in [2.75, 3.05) is 45.3 Å². The summed E-state index contributed by atoms with van der Waals surface area (Å²) < 4.78 is 2.79. The van der Waals surface area contributed by atoms with Gasteiger partial charge in [-0.05, 0) is 6.92 Å². The van der Waals surface area contributed by atoms with E-state index in [1.54, 1.807) is 4.68 Å². The van der Waals surface area contributed by atoms with Crippen LogP contribution in [0, 0.1) is 6.92 Å². The van der Waals surface area contributed by atoms with E-state index in [0.29, 0.717) is 0 Å².